The predicted octanol–water partition coefficient (Wildman–Crippen LogP) is -1.29. The van der Waals surface area contributed by atoms with E-state index < -0.39 is 60.2 Å². The molecule has 0 fully saturated rings. The number of aromatic hydroxyl groups is 1. The van der Waals surface area contributed by atoms with Crippen LogP contribution in [-0.2, 0) is 30.4 Å². The zero-order chi connectivity index (χ0) is 24.4. The zero-order valence-corrected chi connectivity index (χ0v) is 17.7. The molecule has 12 nitrogen and oxygen atoms in total. The molecule has 0 aliphatic carbocycles. The number of carboxylic acid groups (broad SMARTS) is 2. The van der Waals surface area contributed by atoms with Crippen LogP contribution < -0.4 is 21.7 Å². The van der Waals surface area contributed by atoms with Gasteiger partial charge in [0.15, 0.2) is 0 Å². The van der Waals surface area contributed by atoms with Crippen molar-refractivity contribution in [1.29, 1.82) is 0 Å². The average molecular weight is 452 g/mol. The molecule has 1 aromatic carbocycles. The molecule has 12 heteroatoms. The predicted molar refractivity (Wildman–Crippen MR) is 111 cm³/mol. The summed E-state index contributed by atoms with van der Waals surface area (Å²) in [6, 6.07) is 1.33. The van der Waals surface area contributed by atoms with Crippen LogP contribution in [0.25, 0.3) is 0 Å². The van der Waals surface area contributed by atoms with Crippen LogP contribution in [0.5, 0.6) is 5.75 Å². The van der Waals surface area contributed by atoms with E-state index >= 15 is 0 Å². The monoisotopic (exact) mass is 452 g/mol. The molecule has 176 valence electrons. The van der Waals surface area contributed by atoms with Gasteiger partial charge in [0.2, 0.25) is 17.7 Å². The normalized spacial score (nSPS) is 14.3. The van der Waals surface area contributed by atoms with Gasteiger partial charge in [0.05, 0.1) is 6.04 Å². The summed E-state index contributed by atoms with van der Waals surface area (Å²) in [4.78, 5) is 59.0. The SMILES string of the molecule is CC(N)C(=O)NC(Cc1ccc(O)cc1)C(=O)NC(C)C(=O)NC(CCC(=O)O)C(=O)O. The molecule has 0 aliphatic rings. The van der Waals surface area contributed by atoms with Crippen molar-refractivity contribution >= 4 is 29.7 Å². The molecule has 8 N–H and O–H groups in total. The van der Waals surface area contributed by atoms with E-state index in [-0.39, 0.29) is 18.6 Å². The molecule has 4 atom stereocenters. The first kappa shape index (κ1) is 26.4. The van der Waals surface area contributed by atoms with Gasteiger partial charge in [-0.2, -0.15) is 0 Å². The molecule has 0 saturated heterocycles. The van der Waals surface area contributed by atoms with Crippen LogP contribution >= 0.6 is 0 Å². The van der Waals surface area contributed by atoms with Gasteiger partial charge in [-0.1, -0.05) is 12.1 Å². The molecule has 1 rings (SSSR count). The maximum absolute atomic E-state index is 12.7. The minimum absolute atomic E-state index is 0.0237. The molecule has 0 aromatic heterocycles. The van der Waals surface area contributed by atoms with Crippen LogP contribution in [-0.4, -0.2) is 69.1 Å². The number of nitrogens with two attached hydrogens (primary N) is 1. The highest BCUT2D eigenvalue weighted by atomic mass is 16.4. The molecule has 4 unspecified atom stereocenters. The highest BCUT2D eigenvalue weighted by Gasteiger charge is 2.28. The average Bonchev–Trinajstić information content (AvgIpc) is 2.71. The molecule has 0 saturated carbocycles. The Morgan fingerprint density at radius 2 is 1.44 bits per heavy atom. The van der Waals surface area contributed by atoms with Crippen molar-refractivity contribution in [3.63, 3.8) is 0 Å². The summed E-state index contributed by atoms with van der Waals surface area (Å²) in [6.45, 7) is 2.75. The van der Waals surface area contributed by atoms with Crippen LogP contribution in [0.2, 0.25) is 0 Å². The summed E-state index contributed by atoms with van der Waals surface area (Å²) < 4.78 is 0. The first-order chi connectivity index (χ1) is 14.9. The Morgan fingerprint density at radius 1 is 0.875 bits per heavy atom. The fourth-order valence-electron chi connectivity index (χ4n) is 2.58. The quantitative estimate of drug-likeness (QED) is 0.201. The summed E-state index contributed by atoms with van der Waals surface area (Å²) in [6.07, 6.45) is -0.754. The van der Waals surface area contributed by atoms with Crippen molar-refractivity contribution in [2.24, 2.45) is 5.73 Å². The van der Waals surface area contributed by atoms with Crippen molar-refractivity contribution in [3.8, 4) is 5.75 Å². The van der Waals surface area contributed by atoms with Gasteiger partial charge < -0.3 is 37.0 Å². The summed E-state index contributed by atoms with van der Waals surface area (Å²) in [5.41, 5.74) is 6.16. The Morgan fingerprint density at radius 3 is 1.94 bits per heavy atom. The number of carboxylic acids is 2. The third kappa shape index (κ3) is 9.00. The molecule has 0 aliphatic heterocycles. The third-order valence-electron chi connectivity index (χ3n) is 4.44. The van der Waals surface area contributed by atoms with Crippen molar-refractivity contribution in [3.05, 3.63) is 29.8 Å². The number of benzene rings is 1. The number of carbonyl (C=O) groups excluding carboxylic acids is 3. The Labute approximate surface area is 184 Å². The van der Waals surface area contributed by atoms with Crippen molar-refractivity contribution in [1.82, 2.24) is 16.0 Å². The maximum atomic E-state index is 12.7. The van der Waals surface area contributed by atoms with Gasteiger partial charge in [0.1, 0.15) is 23.9 Å². The molecule has 0 bridgehead atoms. The highest BCUT2D eigenvalue weighted by molar-refractivity contribution is 5.94. The zero-order valence-electron chi connectivity index (χ0n) is 17.7. The summed E-state index contributed by atoms with van der Waals surface area (Å²) >= 11 is 0. The van der Waals surface area contributed by atoms with Gasteiger partial charge >= 0.3 is 11.9 Å². The van der Waals surface area contributed by atoms with Crippen LogP contribution in [0.4, 0.5) is 0 Å². The number of aliphatic carboxylic acids is 2. The molecule has 32 heavy (non-hydrogen) atoms. The summed E-state index contributed by atoms with van der Waals surface area (Å²) in [5.74, 6) is -4.75. The number of hydrogen-bond donors (Lipinski definition) is 7. The van der Waals surface area contributed by atoms with E-state index in [2.05, 4.69) is 16.0 Å². The molecular formula is C20H28N4O8. The molecule has 1 aromatic rings. The lowest BCUT2D eigenvalue weighted by Crippen LogP contribution is -2.56. The molecule has 3 amide bonds. The Kier molecular flexibility index (Phi) is 10.1. The van der Waals surface area contributed by atoms with E-state index in [0.717, 1.165) is 0 Å². The Hall–Kier alpha value is -3.67. The van der Waals surface area contributed by atoms with E-state index in [1.54, 1.807) is 12.1 Å². The van der Waals surface area contributed by atoms with Gasteiger partial charge in [-0.25, -0.2) is 4.79 Å². The van der Waals surface area contributed by atoms with Crippen molar-refractivity contribution in [2.75, 3.05) is 0 Å². The fraction of sp³-hybridized carbons (Fsp3) is 0.450. The topological polar surface area (TPSA) is 208 Å². The molecule has 0 spiro atoms. The van der Waals surface area contributed by atoms with E-state index in [1.807, 2.05) is 0 Å². The van der Waals surface area contributed by atoms with Crippen molar-refractivity contribution < 1.29 is 39.3 Å². The molecule has 0 heterocycles. The van der Waals surface area contributed by atoms with E-state index in [1.165, 1.54) is 26.0 Å². The minimum atomic E-state index is -1.44. The van der Waals surface area contributed by atoms with E-state index in [4.69, 9.17) is 15.9 Å². The second-order valence-electron chi connectivity index (χ2n) is 7.28. The standard InChI is InChI=1S/C20H28N4O8/c1-10(21)17(28)24-15(9-12-3-5-13(25)6-4-12)19(30)22-11(2)18(29)23-14(20(31)32)7-8-16(26)27/h3-6,10-11,14-15,25H,7-9,21H2,1-2H3,(H,22,30)(H,23,29)(H,24,28)(H,26,27)(H,31,32). The fourth-order valence-corrected chi connectivity index (χ4v) is 2.58. The lowest BCUT2D eigenvalue weighted by molar-refractivity contribution is -0.143. The van der Waals surface area contributed by atoms with Gasteiger partial charge in [-0.05, 0) is 38.0 Å². The largest absolute Gasteiger partial charge is 0.508 e. The van der Waals surface area contributed by atoms with Crippen LogP contribution in [0.3, 0.4) is 0 Å². The Bertz CT molecular complexity index is 841. The number of phenols is 1. The second kappa shape index (κ2) is 12.2. The van der Waals surface area contributed by atoms with Crippen LogP contribution in [0.1, 0.15) is 32.3 Å². The number of carbonyl (C=O) groups is 5. The lowest BCUT2D eigenvalue weighted by atomic mass is 10.0. The highest BCUT2D eigenvalue weighted by Crippen LogP contribution is 2.12. The van der Waals surface area contributed by atoms with Crippen LogP contribution in [0.15, 0.2) is 24.3 Å². The van der Waals surface area contributed by atoms with Gasteiger partial charge in [-0.3, -0.25) is 19.2 Å². The third-order valence-corrected chi connectivity index (χ3v) is 4.44. The minimum Gasteiger partial charge on any atom is -0.508 e. The van der Waals surface area contributed by atoms with Gasteiger partial charge in [0.25, 0.3) is 0 Å². The number of rotatable bonds is 12. The number of hydrogen-bond acceptors (Lipinski definition) is 7. The lowest BCUT2D eigenvalue weighted by Gasteiger charge is -2.23. The van der Waals surface area contributed by atoms with E-state index in [9.17, 15) is 29.1 Å². The summed E-state index contributed by atoms with van der Waals surface area (Å²) in [7, 11) is 0. The molecule has 0 radical (unpaired) electrons. The molecular weight excluding hydrogens is 424 g/mol. The van der Waals surface area contributed by atoms with Crippen molar-refractivity contribution in [2.45, 2.75) is 57.3 Å². The smallest absolute Gasteiger partial charge is 0.326 e. The Balaban J connectivity index is 2.85. The first-order valence-electron chi connectivity index (χ1n) is 9.80. The number of amides is 3. The van der Waals surface area contributed by atoms with E-state index in [0.29, 0.717) is 5.56 Å². The van der Waals surface area contributed by atoms with Gasteiger partial charge in [0, 0.05) is 12.8 Å². The van der Waals surface area contributed by atoms with Gasteiger partial charge in [-0.15, -0.1) is 0 Å². The summed E-state index contributed by atoms with van der Waals surface area (Å²) in [5, 5.41) is 34.3. The first-order valence-corrected chi connectivity index (χ1v) is 9.80. The number of phenolic OH excluding ortho intramolecular Hbond substituents is 1. The number of nitrogens with one attached hydrogen (secondary N) is 3. The second-order valence-corrected chi connectivity index (χ2v) is 7.28. The maximum Gasteiger partial charge on any atom is 0.326 e. The van der Waals surface area contributed by atoms with Crippen LogP contribution in [0, 0.1) is 0 Å².